The van der Waals surface area contributed by atoms with Crippen molar-refractivity contribution in [3.05, 3.63) is 81.4 Å². The zero-order chi connectivity index (χ0) is 29.5. The van der Waals surface area contributed by atoms with Gasteiger partial charge in [-0.3, -0.25) is 14.7 Å². The summed E-state index contributed by atoms with van der Waals surface area (Å²) in [6.45, 7) is 5.47. The second-order valence-corrected chi connectivity index (χ2v) is 9.57. The molecule has 0 fully saturated rings. The molecule has 0 aliphatic rings. The fourth-order valence-corrected chi connectivity index (χ4v) is 4.01. The van der Waals surface area contributed by atoms with Crippen LogP contribution in [0.4, 0.5) is 16.6 Å². The second-order valence-electron chi connectivity index (χ2n) is 9.57. The van der Waals surface area contributed by atoms with E-state index in [4.69, 9.17) is 4.74 Å². The Balaban J connectivity index is 1.30. The van der Waals surface area contributed by atoms with Gasteiger partial charge in [-0.1, -0.05) is 30.3 Å². The van der Waals surface area contributed by atoms with Crippen molar-refractivity contribution in [2.75, 3.05) is 17.2 Å². The number of anilines is 2. The van der Waals surface area contributed by atoms with Crippen LogP contribution in [0.15, 0.2) is 53.5 Å². The number of alkyl carbamates (subject to hydrolysis) is 1. The van der Waals surface area contributed by atoms with E-state index in [9.17, 15) is 24.3 Å². The minimum atomic E-state index is -1.43. The summed E-state index contributed by atoms with van der Waals surface area (Å²) in [4.78, 5) is 60.3. The van der Waals surface area contributed by atoms with Crippen molar-refractivity contribution in [1.29, 1.82) is 0 Å². The molecule has 0 bridgehead atoms. The maximum Gasteiger partial charge on any atom is 0.408 e. The van der Waals surface area contributed by atoms with E-state index in [1.807, 2.05) is 32.0 Å². The molecule has 41 heavy (non-hydrogen) atoms. The standard InChI is InChI=1S/C28H31N7O6/c1-16-11-20-21(12-17(16)2)31-26(30-20)33-23(36)9-10-29-24-18(3)13-35(27(39)34-24)14-22(25(37)38)32-28(40)41-15-19-7-5-4-6-8-19/h4-8,11-13,22H,9-10,14-15H2,1-3H3,(H,32,40)(H,37,38)(H,29,34,39)(H2,30,31,33,36)/t22-/m0/s1. The van der Waals surface area contributed by atoms with Crippen LogP contribution in [-0.2, 0) is 27.5 Å². The number of carbonyl (C=O) groups excluding carboxylic acids is 2. The summed E-state index contributed by atoms with van der Waals surface area (Å²) in [5, 5.41) is 17.5. The molecular weight excluding hydrogens is 530 g/mol. The summed E-state index contributed by atoms with van der Waals surface area (Å²) in [6.07, 6.45) is 0.585. The van der Waals surface area contributed by atoms with Crippen LogP contribution in [0, 0.1) is 20.8 Å². The average Bonchev–Trinajstić information content (AvgIpc) is 3.30. The highest BCUT2D eigenvalue weighted by atomic mass is 16.5. The summed E-state index contributed by atoms with van der Waals surface area (Å²) in [6, 6.07) is 11.4. The number of carboxylic acids is 1. The molecule has 5 N–H and O–H groups in total. The second kappa shape index (κ2) is 12.8. The van der Waals surface area contributed by atoms with Gasteiger partial charge in [0.1, 0.15) is 18.5 Å². The van der Waals surface area contributed by atoms with Crippen molar-refractivity contribution < 1.29 is 24.2 Å². The molecule has 0 saturated carbocycles. The smallest absolute Gasteiger partial charge is 0.408 e. The van der Waals surface area contributed by atoms with E-state index in [0.717, 1.165) is 32.3 Å². The molecule has 4 aromatic rings. The van der Waals surface area contributed by atoms with Crippen LogP contribution < -0.4 is 21.6 Å². The predicted molar refractivity (Wildman–Crippen MR) is 152 cm³/mol. The molecule has 1 atom stereocenters. The van der Waals surface area contributed by atoms with Gasteiger partial charge in [0, 0.05) is 24.7 Å². The van der Waals surface area contributed by atoms with E-state index in [0.29, 0.717) is 11.5 Å². The predicted octanol–water partition coefficient (Wildman–Crippen LogP) is 2.87. The number of aliphatic carboxylic acids is 1. The number of nitrogens with zero attached hydrogens (tertiary/aromatic N) is 3. The fraction of sp³-hybridized carbons (Fsp3) is 0.286. The number of hydrogen-bond acceptors (Lipinski definition) is 8. The monoisotopic (exact) mass is 561 g/mol. The van der Waals surface area contributed by atoms with E-state index in [1.54, 1.807) is 31.2 Å². The molecular formula is C28H31N7O6. The summed E-state index contributed by atoms with van der Waals surface area (Å²) in [5.41, 5.74) is 4.37. The molecule has 2 aromatic heterocycles. The van der Waals surface area contributed by atoms with E-state index >= 15 is 0 Å². The molecule has 13 nitrogen and oxygen atoms in total. The Kier molecular flexibility index (Phi) is 8.97. The third kappa shape index (κ3) is 7.68. The van der Waals surface area contributed by atoms with Gasteiger partial charge in [0.25, 0.3) is 0 Å². The van der Waals surface area contributed by atoms with E-state index in [1.165, 1.54) is 6.20 Å². The molecule has 2 amide bonds. The lowest BCUT2D eigenvalue weighted by Crippen LogP contribution is -2.45. The number of imidazole rings is 1. The lowest BCUT2D eigenvalue weighted by atomic mass is 10.1. The Morgan fingerprint density at radius 2 is 1.78 bits per heavy atom. The van der Waals surface area contributed by atoms with Crippen LogP contribution in [0.1, 0.15) is 28.7 Å². The first kappa shape index (κ1) is 28.8. The number of aromatic amines is 1. The highest BCUT2D eigenvalue weighted by Gasteiger charge is 2.22. The van der Waals surface area contributed by atoms with Gasteiger partial charge in [0.05, 0.1) is 17.6 Å². The first-order valence-electron chi connectivity index (χ1n) is 12.9. The van der Waals surface area contributed by atoms with Crippen LogP contribution in [0.3, 0.4) is 0 Å². The number of aryl methyl sites for hydroxylation is 3. The van der Waals surface area contributed by atoms with Crippen molar-refractivity contribution in [1.82, 2.24) is 24.8 Å². The molecule has 13 heteroatoms. The number of H-pyrrole nitrogens is 1. The number of carboxylic acid groups (broad SMARTS) is 1. The van der Waals surface area contributed by atoms with E-state index in [-0.39, 0.29) is 37.8 Å². The number of carbonyl (C=O) groups is 3. The number of hydrogen-bond donors (Lipinski definition) is 5. The number of aromatic nitrogens is 4. The van der Waals surface area contributed by atoms with Crippen molar-refractivity contribution in [3.63, 3.8) is 0 Å². The Morgan fingerprint density at radius 1 is 1.05 bits per heavy atom. The Hall–Kier alpha value is -5.20. The van der Waals surface area contributed by atoms with Crippen LogP contribution in [0.25, 0.3) is 11.0 Å². The molecule has 214 valence electrons. The molecule has 0 saturated heterocycles. The van der Waals surface area contributed by atoms with Crippen LogP contribution in [0.2, 0.25) is 0 Å². The summed E-state index contributed by atoms with van der Waals surface area (Å²) in [5.74, 6) is -1.02. The van der Waals surface area contributed by atoms with Crippen LogP contribution in [0.5, 0.6) is 0 Å². The Morgan fingerprint density at radius 3 is 2.51 bits per heavy atom. The van der Waals surface area contributed by atoms with Gasteiger partial charge >= 0.3 is 17.8 Å². The molecule has 0 aliphatic heterocycles. The number of fused-ring (bicyclic) bond motifs is 1. The quantitative estimate of drug-likeness (QED) is 0.184. The van der Waals surface area contributed by atoms with Gasteiger partial charge in [-0.25, -0.2) is 19.4 Å². The number of amides is 2. The first-order chi connectivity index (χ1) is 19.6. The number of nitrogens with one attached hydrogen (secondary N) is 4. The summed E-state index contributed by atoms with van der Waals surface area (Å²) >= 11 is 0. The summed E-state index contributed by atoms with van der Waals surface area (Å²) < 4.78 is 6.17. The molecule has 0 spiro atoms. The molecule has 2 aromatic carbocycles. The minimum absolute atomic E-state index is 0.0321. The Bertz CT molecular complexity index is 1590. The van der Waals surface area contributed by atoms with Gasteiger partial charge in [-0.05, 0) is 49.6 Å². The van der Waals surface area contributed by atoms with Gasteiger partial charge < -0.3 is 25.5 Å². The fourth-order valence-electron chi connectivity index (χ4n) is 4.01. The number of benzene rings is 2. The lowest BCUT2D eigenvalue weighted by molar-refractivity contribution is -0.139. The third-order valence-electron chi connectivity index (χ3n) is 6.36. The maximum atomic E-state index is 12.6. The van der Waals surface area contributed by atoms with Gasteiger partial charge in [-0.15, -0.1) is 0 Å². The number of rotatable bonds is 11. The number of ether oxygens (including phenoxy) is 1. The topological polar surface area (TPSA) is 180 Å². The summed E-state index contributed by atoms with van der Waals surface area (Å²) in [7, 11) is 0. The van der Waals surface area contributed by atoms with Gasteiger partial charge in [-0.2, -0.15) is 4.98 Å². The normalized spacial score (nSPS) is 11.6. The van der Waals surface area contributed by atoms with E-state index < -0.39 is 23.8 Å². The van der Waals surface area contributed by atoms with Gasteiger partial charge in [0.15, 0.2) is 0 Å². The van der Waals surface area contributed by atoms with Crippen molar-refractivity contribution in [2.24, 2.45) is 0 Å². The Labute approximate surface area is 235 Å². The maximum absolute atomic E-state index is 12.6. The minimum Gasteiger partial charge on any atom is -0.480 e. The largest absolute Gasteiger partial charge is 0.480 e. The lowest BCUT2D eigenvalue weighted by Gasteiger charge is -2.17. The first-order valence-corrected chi connectivity index (χ1v) is 12.9. The van der Waals surface area contributed by atoms with Gasteiger partial charge in [0.2, 0.25) is 11.9 Å². The third-order valence-corrected chi connectivity index (χ3v) is 6.36. The van der Waals surface area contributed by atoms with Crippen molar-refractivity contribution >= 4 is 40.8 Å². The van der Waals surface area contributed by atoms with Crippen molar-refractivity contribution in [3.8, 4) is 0 Å². The van der Waals surface area contributed by atoms with Crippen molar-refractivity contribution in [2.45, 2.75) is 46.4 Å². The molecule has 0 aliphatic carbocycles. The van der Waals surface area contributed by atoms with Crippen LogP contribution >= 0.6 is 0 Å². The molecule has 2 heterocycles. The molecule has 4 rings (SSSR count). The highest BCUT2D eigenvalue weighted by Crippen LogP contribution is 2.19. The molecule has 0 unspecified atom stereocenters. The van der Waals surface area contributed by atoms with Crippen LogP contribution in [-0.4, -0.2) is 55.2 Å². The van der Waals surface area contributed by atoms with E-state index in [2.05, 4.69) is 30.9 Å². The zero-order valence-corrected chi connectivity index (χ0v) is 22.9. The highest BCUT2D eigenvalue weighted by molar-refractivity contribution is 5.91. The molecule has 0 radical (unpaired) electrons. The zero-order valence-electron chi connectivity index (χ0n) is 22.9. The SMILES string of the molecule is Cc1cc2nc(NC(=O)CCNc3nc(=O)n(C[C@H](NC(=O)OCc4ccccc4)C(=O)O)cc3C)[nH]c2cc1C. The average molecular weight is 562 g/mol.